The Balaban J connectivity index is 4.55. The number of esters is 1. The highest BCUT2D eigenvalue weighted by Crippen LogP contribution is 2.06. The van der Waals surface area contributed by atoms with Gasteiger partial charge in [0.25, 0.3) is 5.91 Å². The molecule has 8 heteroatoms. The lowest BCUT2D eigenvalue weighted by molar-refractivity contribution is -0.143. The molecule has 23 heavy (non-hydrogen) atoms. The van der Waals surface area contributed by atoms with Crippen molar-refractivity contribution in [3.63, 3.8) is 0 Å². The van der Waals surface area contributed by atoms with Gasteiger partial charge in [-0.1, -0.05) is 13.8 Å². The van der Waals surface area contributed by atoms with Crippen LogP contribution in [0, 0.1) is 17.2 Å². The molecule has 0 radical (unpaired) electrons. The first kappa shape index (κ1) is 20.4. The lowest BCUT2D eigenvalue weighted by atomic mass is 10.0. The molecule has 0 aromatic carbocycles. The number of amides is 1. The number of carbonyl (C=O) groups excluding carboxylic acids is 2. The van der Waals surface area contributed by atoms with E-state index in [-0.39, 0.29) is 43.5 Å². The minimum Gasteiger partial charge on any atom is -0.480 e. The molecule has 0 heterocycles. The SMILES string of the molecule is CCOC(=O)CCN/C=C(/C#N)C(=O)NC(CC(C)C)C(=O)O. The van der Waals surface area contributed by atoms with E-state index in [1.165, 1.54) is 0 Å². The molecule has 0 saturated heterocycles. The quantitative estimate of drug-likeness (QED) is 0.231. The van der Waals surface area contributed by atoms with E-state index in [0.717, 1.165) is 6.20 Å². The fourth-order valence-electron chi connectivity index (χ4n) is 1.66. The summed E-state index contributed by atoms with van der Waals surface area (Å²) in [5, 5.41) is 23.0. The van der Waals surface area contributed by atoms with Crippen LogP contribution in [-0.4, -0.2) is 42.1 Å². The molecule has 0 spiro atoms. The maximum absolute atomic E-state index is 11.9. The van der Waals surface area contributed by atoms with E-state index in [1.54, 1.807) is 13.0 Å². The summed E-state index contributed by atoms with van der Waals surface area (Å²) >= 11 is 0. The maximum atomic E-state index is 11.9. The standard InChI is InChI=1S/C15H23N3O5/c1-4-23-13(19)5-6-17-9-11(8-16)14(20)18-12(15(21)22)7-10(2)3/h9-10,12,17H,4-7H2,1-3H3,(H,18,20)(H,21,22)/b11-9-. The van der Waals surface area contributed by atoms with Crippen molar-refractivity contribution in [2.45, 2.75) is 39.7 Å². The number of carboxylic acids is 1. The average molecular weight is 325 g/mol. The number of hydrogen-bond acceptors (Lipinski definition) is 6. The van der Waals surface area contributed by atoms with Gasteiger partial charge in [0.05, 0.1) is 13.0 Å². The molecule has 0 rings (SSSR count). The van der Waals surface area contributed by atoms with E-state index in [0.29, 0.717) is 0 Å². The summed E-state index contributed by atoms with van der Waals surface area (Å²) in [6, 6.07) is 0.634. The Kier molecular flexibility index (Phi) is 9.83. The van der Waals surface area contributed by atoms with Gasteiger partial charge in [-0.15, -0.1) is 0 Å². The van der Waals surface area contributed by atoms with Crippen LogP contribution in [0.5, 0.6) is 0 Å². The van der Waals surface area contributed by atoms with Crippen LogP contribution in [0.15, 0.2) is 11.8 Å². The number of nitriles is 1. The third kappa shape index (κ3) is 9.14. The molecule has 0 fully saturated rings. The van der Waals surface area contributed by atoms with Gasteiger partial charge in [-0.2, -0.15) is 5.26 Å². The van der Waals surface area contributed by atoms with Crippen molar-refractivity contribution in [2.24, 2.45) is 5.92 Å². The summed E-state index contributed by atoms with van der Waals surface area (Å²) in [4.78, 5) is 34.1. The third-order valence-corrected chi connectivity index (χ3v) is 2.70. The van der Waals surface area contributed by atoms with Crippen LogP contribution >= 0.6 is 0 Å². The van der Waals surface area contributed by atoms with Gasteiger partial charge < -0.3 is 20.5 Å². The van der Waals surface area contributed by atoms with Crippen LogP contribution in [-0.2, 0) is 19.1 Å². The molecule has 3 N–H and O–H groups in total. The lowest BCUT2D eigenvalue weighted by Gasteiger charge is -2.16. The van der Waals surface area contributed by atoms with Crippen LogP contribution in [0.25, 0.3) is 0 Å². The van der Waals surface area contributed by atoms with Gasteiger partial charge in [0, 0.05) is 12.7 Å². The summed E-state index contributed by atoms with van der Waals surface area (Å²) < 4.78 is 4.73. The number of carbonyl (C=O) groups is 3. The van der Waals surface area contributed by atoms with Crippen LogP contribution < -0.4 is 10.6 Å². The van der Waals surface area contributed by atoms with Crippen molar-refractivity contribution in [1.29, 1.82) is 5.26 Å². The van der Waals surface area contributed by atoms with Crippen LogP contribution in [0.2, 0.25) is 0 Å². The van der Waals surface area contributed by atoms with E-state index < -0.39 is 17.9 Å². The van der Waals surface area contributed by atoms with E-state index in [1.807, 2.05) is 13.8 Å². The zero-order chi connectivity index (χ0) is 17.8. The Morgan fingerprint density at radius 1 is 1.35 bits per heavy atom. The van der Waals surface area contributed by atoms with E-state index >= 15 is 0 Å². The molecule has 0 saturated carbocycles. The van der Waals surface area contributed by atoms with Crippen molar-refractivity contribution in [2.75, 3.05) is 13.2 Å². The van der Waals surface area contributed by atoms with E-state index in [9.17, 15) is 14.4 Å². The Labute approximate surface area is 135 Å². The lowest BCUT2D eigenvalue weighted by Crippen LogP contribution is -2.42. The largest absolute Gasteiger partial charge is 0.480 e. The van der Waals surface area contributed by atoms with Gasteiger partial charge in [-0.25, -0.2) is 4.79 Å². The summed E-state index contributed by atoms with van der Waals surface area (Å²) in [6.07, 6.45) is 1.51. The molecule has 0 bridgehead atoms. The second kappa shape index (κ2) is 11.1. The molecule has 0 aliphatic heterocycles. The predicted octanol–water partition coefficient (Wildman–Crippen LogP) is 0.552. The number of hydrogen-bond donors (Lipinski definition) is 3. The Morgan fingerprint density at radius 2 is 2.00 bits per heavy atom. The maximum Gasteiger partial charge on any atom is 0.326 e. The van der Waals surface area contributed by atoms with Gasteiger partial charge in [0.2, 0.25) is 0 Å². The fourth-order valence-corrected chi connectivity index (χ4v) is 1.66. The van der Waals surface area contributed by atoms with Crippen molar-refractivity contribution in [3.05, 3.63) is 11.8 Å². The third-order valence-electron chi connectivity index (χ3n) is 2.70. The second-order valence-electron chi connectivity index (χ2n) is 5.17. The number of aliphatic carboxylic acids is 1. The van der Waals surface area contributed by atoms with Crippen molar-refractivity contribution >= 4 is 17.8 Å². The van der Waals surface area contributed by atoms with Crippen LogP contribution in [0.1, 0.15) is 33.6 Å². The molecule has 0 aliphatic carbocycles. The normalized spacial score (nSPS) is 12.2. The molecule has 1 amide bonds. The number of carboxylic acid groups (broad SMARTS) is 1. The first-order valence-corrected chi connectivity index (χ1v) is 7.34. The molecular formula is C15H23N3O5. The monoisotopic (exact) mass is 325 g/mol. The minimum absolute atomic E-state index is 0.0774. The zero-order valence-electron chi connectivity index (χ0n) is 13.6. The molecule has 0 aliphatic rings. The molecular weight excluding hydrogens is 302 g/mol. The summed E-state index contributed by atoms with van der Waals surface area (Å²) in [7, 11) is 0. The summed E-state index contributed by atoms with van der Waals surface area (Å²) in [6.45, 7) is 5.85. The molecule has 128 valence electrons. The Morgan fingerprint density at radius 3 is 2.48 bits per heavy atom. The smallest absolute Gasteiger partial charge is 0.326 e. The van der Waals surface area contributed by atoms with Crippen LogP contribution in [0.3, 0.4) is 0 Å². The minimum atomic E-state index is -1.15. The molecule has 1 unspecified atom stereocenters. The van der Waals surface area contributed by atoms with Crippen molar-refractivity contribution in [1.82, 2.24) is 10.6 Å². The first-order chi connectivity index (χ1) is 10.8. The molecule has 1 atom stereocenters. The highest BCUT2D eigenvalue weighted by molar-refractivity contribution is 5.99. The number of nitrogens with zero attached hydrogens (tertiary/aromatic N) is 1. The number of rotatable bonds is 10. The molecule has 0 aromatic heterocycles. The Bertz CT molecular complexity index is 494. The highest BCUT2D eigenvalue weighted by atomic mass is 16.5. The summed E-state index contributed by atoms with van der Waals surface area (Å²) in [5.74, 6) is -2.24. The number of ether oxygens (including phenoxy) is 1. The highest BCUT2D eigenvalue weighted by Gasteiger charge is 2.22. The van der Waals surface area contributed by atoms with E-state index in [2.05, 4.69) is 10.6 Å². The van der Waals surface area contributed by atoms with Crippen LogP contribution in [0.4, 0.5) is 0 Å². The van der Waals surface area contributed by atoms with Crippen molar-refractivity contribution < 1.29 is 24.2 Å². The first-order valence-electron chi connectivity index (χ1n) is 7.34. The van der Waals surface area contributed by atoms with Gasteiger partial charge in [0.1, 0.15) is 17.7 Å². The van der Waals surface area contributed by atoms with Gasteiger partial charge in [-0.05, 0) is 19.3 Å². The van der Waals surface area contributed by atoms with E-state index in [4.69, 9.17) is 15.1 Å². The predicted molar refractivity (Wildman–Crippen MR) is 82.0 cm³/mol. The molecule has 8 nitrogen and oxygen atoms in total. The topological polar surface area (TPSA) is 129 Å². The second-order valence-corrected chi connectivity index (χ2v) is 5.17. The van der Waals surface area contributed by atoms with Gasteiger partial charge in [-0.3, -0.25) is 9.59 Å². The van der Waals surface area contributed by atoms with Gasteiger partial charge in [0.15, 0.2) is 0 Å². The zero-order valence-corrected chi connectivity index (χ0v) is 13.6. The van der Waals surface area contributed by atoms with Gasteiger partial charge >= 0.3 is 11.9 Å². The fraction of sp³-hybridized carbons (Fsp3) is 0.600. The van der Waals surface area contributed by atoms with Crippen molar-refractivity contribution in [3.8, 4) is 6.07 Å². The summed E-state index contributed by atoms with van der Waals surface area (Å²) in [5.41, 5.74) is -0.260. The number of nitrogens with one attached hydrogen (secondary N) is 2. The Hall–Kier alpha value is -2.56. The molecule has 0 aromatic rings. The average Bonchev–Trinajstić information content (AvgIpc) is 2.46.